The van der Waals surface area contributed by atoms with Crippen LogP contribution in [0.15, 0.2) is 33.7 Å². The molecule has 1 aromatic carbocycles. The van der Waals surface area contributed by atoms with Gasteiger partial charge in [0, 0.05) is 0 Å². The Labute approximate surface area is 127 Å². The lowest BCUT2D eigenvalue weighted by Gasteiger charge is -2.03. The average molecular weight is 382 g/mol. The third-order valence-electron chi connectivity index (χ3n) is 2.96. The van der Waals surface area contributed by atoms with E-state index in [-0.39, 0.29) is 12.1 Å². The number of aromatic nitrogens is 3. The molecule has 7 heteroatoms. The second-order valence-corrected chi connectivity index (χ2v) is 5.46. The topological polar surface area (TPSA) is 86.9 Å². The molecule has 0 bridgehead atoms. The van der Waals surface area contributed by atoms with E-state index in [9.17, 15) is 4.79 Å². The number of halogens is 1. The summed E-state index contributed by atoms with van der Waals surface area (Å²) in [6, 6.07) is 5.36. The number of benzene rings is 1. The average Bonchev–Trinajstić information content (AvgIpc) is 2.84. The van der Waals surface area contributed by atoms with Gasteiger partial charge in [-0.15, -0.1) is 0 Å². The van der Waals surface area contributed by atoms with Crippen molar-refractivity contribution in [3.63, 3.8) is 0 Å². The highest BCUT2D eigenvalue weighted by Gasteiger charge is 2.11. The maximum Gasteiger partial charge on any atom is 0.267 e. The number of fused-ring (bicyclic) bond motifs is 1. The van der Waals surface area contributed by atoms with E-state index < -0.39 is 0 Å². The summed E-state index contributed by atoms with van der Waals surface area (Å²) in [7, 11) is 0. The Hall–Kier alpha value is -1.90. The van der Waals surface area contributed by atoms with Crippen LogP contribution >= 0.6 is 22.6 Å². The van der Waals surface area contributed by atoms with Crippen molar-refractivity contribution in [1.82, 2.24) is 14.5 Å². The van der Waals surface area contributed by atoms with Crippen LogP contribution in [0.25, 0.3) is 11.1 Å². The van der Waals surface area contributed by atoms with Gasteiger partial charge in [0.05, 0.1) is 21.3 Å². The highest BCUT2D eigenvalue weighted by atomic mass is 127. The molecular formula is C13H11IN4O2. The highest BCUT2D eigenvalue weighted by molar-refractivity contribution is 14.1. The normalized spacial score (nSPS) is 11.1. The molecule has 0 radical (unpaired) electrons. The first-order chi connectivity index (χ1) is 9.56. The van der Waals surface area contributed by atoms with Crippen LogP contribution in [0.4, 0.5) is 5.69 Å². The van der Waals surface area contributed by atoms with Crippen LogP contribution in [0.3, 0.4) is 0 Å². The first kappa shape index (κ1) is 13.1. The standard InChI is InChI=1S/C13H11IN4O2/c1-7-11(14)13(19)18(6-16-7)5-10-17-12-8(15)3-2-4-9(12)20-10/h2-4,6H,5,15H2,1H3. The van der Waals surface area contributed by atoms with Gasteiger partial charge in [0.25, 0.3) is 5.56 Å². The van der Waals surface area contributed by atoms with Crippen molar-refractivity contribution in [1.29, 1.82) is 0 Å². The van der Waals surface area contributed by atoms with Crippen LogP contribution < -0.4 is 11.3 Å². The lowest BCUT2D eigenvalue weighted by Crippen LogP contribution is -2.24. The van der Waals surface area contributed by atoms with Gasteiger partial charge >= 0.3 is 0 Å². The van der Waals surface area contributed by atoms with E-state index in [2.05, 4.69) is 9.97 Å². The SMILES string of the molecule is Cc1ncn(Cc2nc3c(N)cccc3o2)c(=O)c1I. The Morgan fingerprint density at radius 1 is 1.45 bits per heavy atom. The molecule has 2 aromatic heterocycles. The molecule has 20 heavy (non-hydrogen) atoms. The van der Waals surface area contributed by atoms with Gasteiger partial charge in [0.2, 0.25) is 5.89 Å². The van der Waals surface area contributed by atoms with Crippen LogP contribution in [0.1, 0.15) is 11.6 Å². The summed E-state index contributed by atoms with van der Waals surface area (Å²) in [5, 5.41) is 0. The zero-order valence-electron chi connectivity index (χ0n) is 10.6. The van der Waals surface area contributed by atoms with Gasteiger partial charge in [0.15, 0.2) is 5.58 Å². The number of oxazole rings is 1. The van der Waals surface area contributed by atoms with E-state index >= 15 is 0 Å². The largest absolute Gasteiger partial charge is 0.439 e. The summed E-state index contributed by atoms with van der Waals surface area (Å²) in [4.78, 5) is 20.6. The second kappa shape index (κ2) is 4.89. The molecule has 102 valence electrons. The predicted molar refractivity (Wildman–Crippen MR) is 83.5 cm³/mol. The molecule has 0 aliphatic heterocycles. The van der Waals surface area contributed by atoms with Crippen molar-refractivity contribution in [2.24, 2.45) is 0 Å². The fourth-order valence-corrected chi connectivity index (χ4v) is 2.34. The van der Waals surface area contributed by atoms with Crippen LogP contribution in [0, 0.1) is 10.5 Å². The van der Waals surface area contributed by atoms with Crippen LogP contribution in [0.5, 0.6) is 0 Å². The predicted octanol–water partition coefficient (Wildman–Crippen LogP) is 1.93. The number of rotatable bonds is 2. The number of hydrogen-bond acceptors (Lipinski definition) is 5. The third-order valence-corrected chi connectivity index (χ3v) is 4.20. The lowest BCUT2D eigenvalue weighted by molar-refractivity contribution is 0.500. The number of nitrogen functional groups attached to an aromatic ring is 1. The molecule has 0 fully saturated rings. The lowest BCUT2D eigenvalue weighted by atomic mass is 10.3. The fraction of sp³-hybridized carbons (Fsp3) is 0.154. The van der Waals surface area contributed by atoms with Crippen molar-refractivity contribution < 1.29 is 4.42 Å². The summed E-state index contributed by atoms with van der Waals surface area (Å²) in [6.07, 6.45) is 1.50. The quantitative estimate of drug-likeness (QED) is 0.541. The minimum absolute atomic E-state index is 0.103. The summed E-state index contributed by atoms with van der Waals surface area (Å²) in [5.74, 6) is 0.432. The van der Waals surface area contributed by atoms with E-state index in [1.54, 1.807) is 25.1 Å². The molecule has 0 atom stereocenters. The molecule has 6 nitrogen and oxygen atoms in total. The Bertz CT molecular complexity index is 853. The van der Waals surface area contributed by atoms with Gasteiger partial charge in [-0.3, -0.25) is 9.36 Å². The van der Waals surface area contributed by atoms with Crippen molar-refractivity contribution in [3.05, 3.63) is 50.0 Å². The third kappa shape index (κ3) is 2.17. The molecule has 2 N–H and O–H groups in total. The van der Waals surface area contributed by atoms with E-state index in [4.69, 9.17) is 10.2 Å². The number of nitrogens with two attached hydrogens (primary N) is 1. The molecule has 0 saturated heterocycles. The zero-order valence-corrected chi connectivity index (χ0v) is 12.8. The van der Waals surface area contributed by atoms with Crippen molar-refractivity contribution >= 4 is 39.4 Å². The molecule has 0 spiro atoms. The molecule has 0 amide bonds. The van der Waals surface area contributed by atoms with Crippen LogP contribution in [-0.2, 0) is 6.54 Å². The number of para-hydroxylation sites is 1. The zero-order chi connectivity index (χ0) is 14.3. The fourth-order valence-electron chi connectivity index (χ4n) is 1.89. The van der Waals surface area contributed by atoms with E-state index in [1.807, 2.05) is 22.6 Å². The van der Waals surface area contributed by atoms with E-state index in [0.29, 0.717) is 31.9 Å². The molecule has 0 saturated carbocycles. The molecular weight excluding hydrogens is 371 g/mol. The Morgan fingerprint density at radius 2 is 2.25 bits per heavy atom. The molecule has 0 aliphatic rings. The number of nitrogens with zero attached hydrogens (tertiary/aromatic N) is 3. The Balaban J connectivity index is 2.04. The van der Waals surface area contributed by atoms with Crippen molar-refractivity contribution in [2.75, 3.05) is 5.73 Å². The first-order valence-electron chi connectivity index (χ1n) is 5.91. The van der Waals surface area contributed by atoms with Gasteiger partial charge in [0.1, 0.15) is 12.1 Å². The molecule has 0 aliphatic carbocycles. The van der Waals surface area contributed by atoms with Gasteiger partial charge in [-0.1, -0.05) is 6.07 Å². The van der Waals surface area contributed by atoms with E-state index in [0.717, 1.165) is 0 Å². The Morgan fingerprint density at radius 3 is 3.00 bits per heavy atom. The van der Waals surface area contributed by atoms with E-state index in [1.165, 1.54) is 10.9 Å². The molecule has 3 aromatic rings. The Kier molecular flexibility index (Phi) is 3.20. The summed E-state index contributed by atoms with van der Waals surface area (Å²) in [6.45, 7) is 2.03. The molecule has 2 heterocycles. The van der Waals surface area contributed by atoms with Gasteiger partial charge in [-0.2, -0.15) is 0 Å². The van der Waals surface area contributed by atoms with Crippen LogP contribution in [0.2, 0.25) is 0 Å². The maximum atomic E-state index is 12.1. The number of hydrogen-bond donors (Lipinski definition) is 1. The smallest absolute Gasteiger partial charge is 0.267 e. The second-order valence-electron chi connectivity index (χ2n) is 4.38. The molecule has 0 unspecified atom stereocenters. The minimum Gasteiger partial charge on any atom is -0.439 e. The maximum absolute atomic E-state index is 12.1. The number of aryl methyl sites for hydroxylation is 1. The first-order valence-corrected chi connectivity index (χ1v) is 6.99. The monoisotopic (exact) mass is 382 g/mol. The van der Waals surface area contributed by atoms with Crippen molar-refractivity contribution in [3.8, 4) is 0 Å². The summed E-state index contributed by atoms with van der Waals surface area (Å²) >= 11 is 1.99. The van der Waals surface area contributed by atoms with Crippen molar-refractivity contribution in [2.45, 2.75) is 13.5 Å². The van der Waals surface area contributed by atoms with Gasteiger partial charge in [-0.05, 0) is 41.6 Å². The summed E-state index contributed by atoms with van der Waals surface area (Å²) < 4.78 is 7.66. The number of anilines is 1. The minimum atomic E-state index is -0.103. The molecule has 3 rings (SSSR count). The van der Waals surface area contributed by atoms with Crippen LogP contribution in [-0.4, -0.2) is 14.5 Å². The highest BCUT2D eigenvalue weighted by Crippen LogP contribution is 2.21. The summed E-state index contributed by atoms with van der Waals surface area (Å²) in [5.41, 5.74) is 8.23. The van der Waals surface area contributed by atoms with Gasteiger partial charge in [-0.25, -0.2) is 9.97 Å². The van der Waals surface area contributed by atoms with Gasteiger partial charge < -0.3 is 10.2 Å².